The molecule has 0 atom stereocenters. The number of nitrogens with one attached hydrogen (secondary N) is 2. The molecule has 1 fully saturated rings. The van der Waals surface area contributed by atoms with Crippen molar-refractivity contribution in [2.24, 2.45) is 7.05 Å². The fraction of sp³-hybridized carbons (Fsp3) is 0.750. The molecule has 0 spiro atoms. The summed E-state index contributed by atoms with van der Waals surface area (Å²) in [6, 6.07) is 2.46. The topological polar surface area (TPSA) is 79.3 Å². The second-order valence-electron chi connectivity index (χ2n) is 5.18. The molecule has 0 bridgehead atoms. The fourth-order valence-electron chi connectivity index (χ4n) is 1.87. The Kier molecular flexibility index (Phi) is 5.14. The average molecular weight is 301 g/mol. The molecule has 0 radical (unpaired) electrons. The van der Waals surface area contributed by atoms with Crippen LogP contribution in [0.5, 0.6) is 0 Å². The Bertz CT molecular complexity index is 524. The van der Waals surface area contributed by atoms with Crippen molar-refractivity contribution in [3.8, 4) is 0 Å². The Labute approximate surface area is 120 Å². The zero-order chi connectivity index (χ0) is 14.6. The number of hydrogen-bond acceptors (Lipinski definition) is 4. The van der Waals surface area contributed by atoms with Crippen molar-refractivity contribution in [2.45, 2.75) is 31.8 Å². The van der Waals surface area contributed by atoms with Crippen molar-refractivity contribution in [2.75, 3.05) is 20.1 Å². The molecule has 0 aliphatic heterocycles. The van der Waals surface area contributed by atoms with Crippen LogP contribution in [0.2, 0.25) is 0 Å². The molecule has 20 heavy (non-hydrogen) atoms. The van der Waals surface area contributed by atoms with Crippen molar-refractivity contribution in [3.05, 3.63) is 18.0 Å². The van der Waals surface area contributed by atoms with Crippen molar-refractivity contribution >= 4 is 10.2 Å². The standard InChI is InChI=1S/C12H23N5O2S/c1-16(9-3-7-13-11-4-5-11)20(18,19)15-10-12-6-8-14-17(12)2/h6,8,11,13,15H,3-5,7,9-10H2,1-2H3. The first-order chi connectivity index (χ1) is 9.49. The van der Waals surface area contributed by atoms with Gasteiger partial charge in [0, 0.05) is 32.9 Å². The van der Waals surface area contributed by atoms with Gasteiger partial charge >= 0.3 is 0 Å². The number of hydrogen-bond donors (Lipinski definition) is 2. The molecule has 2 rings (SSSR count). The molecule has 1 aliphatic rings. The van der Waals surface area contributed by atoms with Gasteiger partial charge in [-0.1, -0.05) is 0 Å². The van der Waals surface area contributed by atoms with Gasteiger partial charge in [0.15, 0.2) is 0 Å². The maximum Gasteiger partial charge on any atom is 0.279 e. The molecule has 2 N–H and O–H groups in total. The van der Waals surface area contributed by atoms with E-state index in [0.29, 0.717) is 12.6 Å². The van der Waals surface area contributed by atoms with E-state index in [0.717, 1.165) is 18.7 Å². The van der Waals surface area contributed by atoms with Gasteiger partial charge in [-0.25, -0.2) is 0 Å². The molecular formula is C12H23N5O2S. The van der Waals surface area contributed by atoms with Crippen molar-refractivity contribution in [3.63, 3.8) is 0 Å². The molecule has 8 heteroatoms. The van der Waals surface area contributed by atoms with Crippen molar-refractivity contribution in [1.29, 1.82) is 0 Å². The molecule has 1 aliphatic carbocycles. The highest BCUT2D eigenvalue weighted by Crippen LogP contribution is 2.18. The van der Waals surface area contributed by atoms with E-state index in [1.807, 2.05) is 0 Å². The largest absolute Gasteiger partial charge is 0.314 e. The Morgan fingerprint density at radius 1 is 1.50 bits per heavy atom. The van der Waals surface area contributed by atoms with E-state index in [1.54, 1.807) is 31.0 Å². The van der Waals surface area contributed by atoms with Gasteiger partial charge in [0.2, 0.25) is 0 Å². The van der Waals surface area contributed by atoms with Crippen LogP contribution in [0.15, 0.2) is 12.3 Å². The monoisotopic (exact) mass is 301 g/mol. The summed E-state index contributed by atoms with van der Waals surface area (Å²) in [4.78, 5) is 0. The van der Waals surface area contributed by atoms with E-state index in [2.05, 4.69) is 15.1 Å². The number of aromatic nitrogens is 2. The van der Waals surface area contributed by atoms with Crippen LogP contribution < -0.4 is 10.0 Å². The zero-order valence-corrected chi connectivity index (χ0v) is 12.9. The van der Waals surface area contributed by atoms with Gasteiger partial charge in [-0.15, -0.1) is 0 Å². The van der Waals surface area contributed by atoms with E-state index in [1.165, 1.54) is 17.1 Å². The van der Waals surface area contributed by atoms with Crippen LogP contribution in [-0.4, -0.2) is 48.7 Å². The lowest BCUT2D eigenvalue weighted by atomic mass is 10.4. The first-order valence-corrected chi connectivity index (χ1v) is 8.34. The second-order valence-corrected chi connectivity index (χ2v) is 7.04. The molecule has 1 aromatic heterocycles. The first kappa shape index (κ1) is 15.4. The average Bonchev–Trinajstić information content (AvgIpc) is 3.14. The molecule has 7 nitrogen and oxygen atoms in total. The minimum Gasteiger partial charge on any atom is -0.314 e. The van der Waals surface area contributed by atoms with Crippen LogP contribution in [0.3, 0.4) is 0 Å². The lowest BCUT2D eigenvalue weighted by Gasteiger charge is -2.17. The molecule has 0 saturated heterocycles. The third-order valence-electron chi connectivity index (χ3n) is 3.43. The zero-order valence-electron chi connectivity index (χ0n) is 12.0. The summed E-state index contributed by atoms with van der Waals surface area (Å²) < 4.78 is 29.7. The van der Waals surface area contributed by atoms with Gasteiger partial charge in [0.25, 0.3) is 10.2 Å². The number of nitrogens with zero attached hydrogens (tertiary/aromatic N) is 3. The Hall–Kier alpha value is -0.960. The summed E-state index contributed by atoms with van der Waals surface area (Å²) in [7, 11) is -0.0353. The van der Waals surface area contributed by atoms with Crippen molar-refractivity contribution in [1.82, 2.24) is 24.1 Å². The van der Waals surface area contributed by atoms with Crippen LogP contribution >= 0.6 is 0 Å². The van der Waals surface area contributed by atoms with Crippen LogP contribution in [0.25, 0.3) is 0 Å². The van der Waals surface area contributed by atoms with Crippen LogP contribution in [0.1, 0.15) is 25.0 Å². The lowest BCUT2D eigenvalue weighted by Crippen LogP contribution is -2.39. The third-order valence-corrected chi connectivity index (χ3v) is 4.94. The molecule has 0 aromatic carbocycles. The van der Waals surface area contributed by atoms with Gasteiger partial charge in [-0.05, 0) is 31.9 Å². The molecule has 0 unspecified atom stereocenters. The maximum absolute atomic E-state index is 12.0. The van der Waals surface area contributed by atoms with E-state index >= 15 is 0 Å². The molecule has 1 aromatic rings. The van der Waals surface area contributed by atoms with Crippen molar-refractivity contribution < 1.29 is 8.42 Å². The molecule has 114 valence electrons. The van der Waals surface area contributed by atoms with Gasteiger partial charge in [-0.3, -0.25) is 4.68 Å². The smallest absolute Gasteiger partial charge is 0.279 e. The van der Waals surface area contributed by atoms with E-state index in [-0.39, 0.29) is 6.54 Å². The van der Waals surface area contributed by atoms with Gasteiger partial charge in [-0.2, -0.15) is 22.5 Å². The minimum atomic E-state index is -3.42. The van der Waals surface area contributed by atoms with Crippen LogP contribution in [0, 0.1) is 0 Å². The summed E-state index contributed by atoms with van der Waals surface area (Å²) in [5.41, 5.74) is 0.831. The lowest BCUT2D eigenvalue weighted by molar-refractivity contribution is 0.443. The number of rotatable bonds is 9. The Morgan fingerprint density at radius 2 is 2.25 bits per heavy atom. The summed E-state index contributed by atoms with van der Waals surface area (Å²) >= 11 is 0. The van der Waals surface area contributed by atoms with Crippen LogP contribution in [0.4, 0.5) is 0 Å². The normalized spacial score (nSPS) is 15.9. The maximum atomic E-state index is 12.0. The third kappa shape index (κ3) is 4.55. The van der Waals surface area contributed by atoms with E-state index < -0.39 is 10.2 Å². The summed E-state index contributed by atoms with van der Waals surface area (Å²) in [5, 5.41) is 7.38. The van der Waals surface area contributed by atoms with Gasteiger partial charge in [0.05, 0.1) is 12.2 Å². The van der Waals surface area contributed by atoms with Crippen LogP contribution in [-0.2, 0) is 23.8 Å². The van der Waals surface area contributed by atoms with Gasteiger partial charge < -0.3 is 5.32 Å². The predicted octanol–water partition coefficient (Wildman–Crippen LogP) is -0.172. The Balaban J connectivity index is 1.71. The van der Waals surface area contributed by atoms with E-state index in [9.17, 15) is 8.42 Å². The highest BCUT2D eigenvalue weighted by Gasteiger charge is 2.20. The summed E-state index contributed by atoms with van der Waals surface area (Å²) in [5.74, 6) is 0. The highest BCUT2D eigenvalue weighted by molar-refractivity contribution is 7.87. The predicted molar refractivity (Wildman–Crippen MR) is 77.2 cm³/mol. The molecular weight excluding hydrogens is 278 g/mol. The Morgan fingerprint density at radius 3 is 2.85 bits per heavy atom. The molecule has 0 amide bonds. The van der Waals surface area contributed by atoms with E-state index in [4.69, 9.17) is 0 Å². The molecule has 1 saturated carbocycles. The fourth-order valence-corrected chi connectivity index (χ4v) is 2.79. The van der Waals surface area contributed by atoms with Gasteiger partial charge in [0.1, 0.15) is 0 Å². The summed E-state index contributed by atoms with van der Waals surface area (Å²) in [6.45, 7) is 1.64. The highest BCUT2D eigenvalue weighted by atomic mass is 32.2. The minimum absolute atomic E-state index is 0.253. The second kappa shape index (κ2) is 6.66. The quantitative estimate of drug-likeness (QED) is 0.621. The summed E-state index contributed by atoms with van der Waals surface area (Å²) in [6.07, 6.45) is 4.97. The number of aryl methyl sites for hydroxylation is 1. The SMILES string of the molecule is CN(CCCNC1CC1)S(=O)(=O)NCc1ccnn1C. The first-order valence-electron chi connectivity index (χ1n) is 6.90. The molecule has 1 heterocycles.